The second kappa shape index (κ2) is 12.1. The van der Waals surface area contributed by atoms with E-state index >= 15 is 0 Å². The molecule has 1 N–H and O–H groups in total. The van der Waals surface area contributed by atoms with Crippen LogP contribution >= 0.6 is 0 Å². The molecule has 0 unspecified atom stereocenters. The van der Waals surface area contributed by atoms with Crippen molar-refractivity contribution in [2.75, 3.05) is 33.3 Å². The number of hydrogen-bond acceptors (Lipinski definition) is 6. The number of methoxy groups -OCH3 is 1. The molecule has 1 amide bonds. The van der Waals surface area contributed by atoms with Crippen molar-refractivity contribution in [3.05, 3.63) is 65.5 Å². The maximum Gasteiger partial charge on any atom is 0.337 e. The number of carbonyl (C=O) groups is 2. The number of nitrogens with zero attached hydrogens (tertiary/aromatic N) is 3. The molecule has 2 aliphatic heterocycles. The summed E-state index contributed by atoms with van der Waals surface area (Å²) in [5, 5.41) is 3.50. The van der Waals surface area contributed by atoms with Gasteiger partial charge in [0.05, 0.1) is 18.7 Å². The van der Waals surface area contributed by atoms with Crippen LogP contribution in [-0.2, 0) is 16.1 Å². The first-order chi connectivity index (χ1) is 16.7. The van der Waals surface area contributed by atoms with Gasteiger partial charge in [0.2, 0.25) is 5.91 Å². The fourth-order valence-electron chi connectivity index (χ4n) is 5.14. The summed E-state index contributed by atoms with van der Waals surface area (Å²) in [6, 6.07) is 12.1. The van der Waals surface area contributed by atoms with Crippen molar-refractivity contribution < 1.29 is 14.3 Å². The van der Waals surface area contributed by atoms with E-state index in [0.717, 1.165) is 51.1 Å². The molecule has 2 fully saturated rings. The topological polar surface area (TPSA) is 74.8 Å². The van der Waals surface area contributed by atoms with Crippen LogP contribution in [0.3, 0.4) is 0 Å². The minimum absolute atomic E-state index is 0.208. The third kappa shape index (κ3) is 6.21. The Balaban J connectivity index is 1.32. The first-order valence-electron chi connectivity index (χ1n) is 12.5. The van der Waals surface area contributed by atoms with Crippen molar-refractivity contribution in [1.29, 1.82) is 0 Å². The SMILES string of the molecule is COC(=O)c1ccc(CNCC[C@@H]2CCC(=O)N2C[C@@H](c2cccnc2)N2CCCCC2)cc1. The predicted molar refractivity (Wildman–Crippen MR) is 131 cm³/mol. The maximum absolute atomic E-state index is 12.8. The molecule has 2 atom stereocenters. The molecule has 34 heavy (non-hydrogen) atoms. The van der Waals surface area contributed by atoms with Gasteiger partial charge in [0.1, 0.15) is 0 Å². The molecule has 4 rings (SSSR count). The molecule has 2 aromatic rings. The van der Waals surface area contributed by atoms with Crippen LogP contribution in [0.2, 0.25) is 0 Å². The van der Waals surface area contributed by atoms with Crippen molar-refractivity contribution in [3.63, 3.8) is 0 Å². The molecule has 0 spiro atoms. The molecule has 182 valence electrons. The first kappa shape index (κ1) is 24.4. The van der Waals surface area contributed by atoms with Crippen LogP contribution in [0.15, 0.2) is 48.8 Å². The lowest BCUT2D eigenvalue weighted by Crippen LogP contribution is -2.44. The zero-order chi connectivity index (χ0) is 23.8. The quantitative estimate of drug-likeness (QED) is 0.428. The van der Waals surface area contributed by atoms with Gasteiger partial charge >= 0.3 is 5.97 Å². The van der Waals surface area contributed by atoms with Crippen molar-refractivity contribution in [2.45, 2.75) is 57.2 Å². The summed E-state index contributed by atoms with van der Waals surface area (Å²) < 4.78 is 4.75. The number of aromatic nitrogens is 1. The van der Waals surface area contributed by atoms with Gasteiger partial charge in [-0.1, -0.05) is 24.6 Å². The fraction of sp³-hybridized carbons (Fsp3) is 0.519. The lowest BCUT2D eigenvalue weighted by molar-refractivity contribution is -0.130. The molecule has 0 bridgehead atoms. The highest BCUT2D eigenvalue weighted by atomic mass is 16.5. The summed E-state index contributed by atoms with van der Waals surface area (Å²) in [7, 11) is 1.39. The van der Waals surface area contributed by atoms with Crippen LogP contribution in [0.4, 0.5) is 0 Å². The Labute approximate surface area is 202 Å². The normalized spacial score (nSPS) is 19.9. The summed E-state index contributed by atoms with van der Waals surface area (Å²) >= 11 is 0. The average molecular weight is 465 g/mol. The molecule has 0 saturated carbocycles. The highest BCUT2D eigenvalue weighted by Crippen LogP contribution is 2.30. The second-order valence-electron chi connectivity index (χ2n) is 9.29. The Morgan fingerprint density at radius 2 is 1.97 bits per heavy atom. The van der Waals surface area contributed by atoms with Crippen LogP contribution in [0.1, 0.15) is 66.1 Å². The number of hydrogen-bond donors (Lipinski definition) is 1. The van der Waals surface area contributed by atoms with Crippen molar-refractivity contribution >= 4 is 11.9 Å². The summed E-state index contributed by atoms with van der Waals surface area (Å²) in [4.78, 5) is 33.4. The number of rotatable bonds is 10. The molecule has 2 saturated heterocycles. The van der Waals surface area contributed by atoms with Crippen LogP contribution in [0.25, 0.3) is 0 Å². The maximum atomic E-state index is 12.8. The van der Waals surface area contributed by atoms with E-state index < -0.39 is 0 Å². The Morgan fingerprint density at radius 3 is 2.68 bits per heavy atom. The average Bonchev–Trinajstić information content (AvgIpc) is 3.24. The number of pyridine rings is 1. The Bertz CT molecular complexity index is 929. The third-order valence-electron chi connectivity index (χ3n) is 7.08. The second-order valence-corrected chi connectivity index (χ2v) is 9.29. The van der Waals surface area contributed by atoms with Gasteiger partial charge in [-0.15, -0.1) is 0 Å². The van der Waals surface area contributed by atoms with Crippen molar-refractivity contribution in [3.8, 4) is 0 Å². The molecular weight excluding hydrogens is 428 g/mol. The van der Waals surface area contributed by atoms with Gasteiger partial charge in [-0.2, -0.15) is 0 Å². The van der Waals surface area contributed by atoms with E-state index in [2.05, 4.69) is 26.2 Å². The predicted octanol–water partition coefficient (Wildman–Crippen LogP) is 3.57. The van der Waals surface area contributed by atoms with E-state index in [1.807, 2.05) is 30.6 Å². The Morgan fingerprint density at radius 1 is 1.18 bits per heavy atom. The number of esters is 1. The highest BCUT2D eigenvalue weighted by Gasteiger charge is 2.34. The summed E-state index contributed by atoms with van der Waals surface area (Å²) in [5.41, 5.74) is 2.88. The minimum atomic E-state index is -0.320. The summed E-state index contributed by atoms with van der Waals surface area (Å²) in [5.74, 6) is -0.0473. The molecular formula is C27H36N4O3. The van der Waals surface area contributed by atoms with Crippen molar-refractivity contribution in [1.82, 2.24) is 20.1 Å². The lowest BCUT2D eigenvalue weighted by Gasteiger charge is -2.38. The van der Waals surface area contributed by atoms with Gasteiger partial charge in [-0.25, -0.2) is 4.79 Å². The van der Waals surface area contributed by atoms with E-state index in [-0.39, 0.29) is 24.0 Å². The van der Waals surface area contributed by atoms with Crippen LogP contribution in [-0.4, -0.2) is 66.0 Å². The number of piperidine rings is 1. The number of nitrogens with one attached hydrogen (secondary N) is 1. The molecule has 1 aromatic carbocycles. The lowest BCUT2D eigenvalue weighted by atomic mass is 10.0. The molecule has 0 aliphatic carbocycles. The fourth-order valence-corrected chi connectivity index (χ4v) is 5.14. The zero-order valence-corrected chi connectivity index (χ0v) is 20.1. The third-order valence-corrected chi connectivity index (χ3v) is 7.08. The monoisotopic (exact) mass is 464 g/mol. The summed E-state index contributed by atoms with van der Waals surface area (Å²) in [6.45, 7) is 4.48. The van der Waals surface area contributed by atoms with E-state index in [4.69, 9.17) is 4.74 Å². The Hall–Kier alpha value is -2.77. The van der Waals surface area contributed by atoms with Gasteiger partial charge in [0.15, 0.2) is 0 Å². The molecule has 1 aromatic heterocycles. The van der Waals surface area contributed by atoms with Crippen molar-refractivity contribution in [2.24, 2.45) is 0 Å². The smallest absolute Gasteiger partial charge is 0.337 e. The van der Waals surface area contributed by atoms with Gasteiger partial charge in [0.25, 0.3) is 0 Å². The number of carbonyl (C=O) groups excluding carboxylic acids is 2. The molecule has 0 radical (unpaired) electrons. The van der Waals surface area contributed by atoms with E-state index in [1.54, 1.807) is 12.1 Å². The molecule has 2 aliphatic rings. The van der Waals surface area contributed by atoms with Gasteiger partial charge < -0.3 is 15.0 Å². The number of likely N-dealkylation sites (tertiary alicyclic amines) is 2. The van der Waals surface area contributed by atoms with Gasteiger partial charge in [-0.05, 0) is 74.6 Å². The molecule has 7 nitrogen and oxygen atoms in total. The van der Waals surface area contributed by atoms with Crippen LogP contribution in [0.5, 0.6) is 0 Å². The van der Waals surface area contributed by atoms with Gasteiger partial charge in [0, 0.05) is 37.9 Å². The Kier molecular flexibility index (Phi) is 8.66. The molecule has 7 heteroatoms. The number of benzene rings is 1. The van der Waals surface area contributed by atoms with Crippen LogP contribution < -0.4 is 5.32 Å². The number of ether oxygens (including phenoxy) is 1. The van der Waals surface area contributed by atoms with E-state index in [1.165, 1.54) is 31.9 Å². The van der Waals surface area contributed by atoms with E-state index in [9.17, 15) is 9.59 Å². The van der Waals surface area contributed by atoms with E-state index in [0.29, 0.717) is 12.0 Å². The zero-order valence-electron chi connectivity index (χ0n) is 20.1. The standard InChI is InChI=1S/C27H36N4O3/c1-34-27(33)22-9-7-21(8-10-22)18-29-15-13-24-11-12-26(32)31(24)20-25(23-6-5-14-28-19-23)30-16-3-2-4-17-30/h5-10,14,19,24-25,29H,2-4,11-13,15-18,20H2,1H3/t24-,25-/m0/s1. The molecule has 3 heterocycles. The minimum Gasteiger partial charge on any atom is -0.465 e. The first-order valence-corrected chi connectivity index (χ1v) is 12.5. The van der Waals surface area contributed by atoms with Gasteiger partial charge in [-0.3, -0.25) is 14.7 Å². The van der Waals surface area contributed by atoms with Crippen LogP contribution in [0, 0.1) is 0 Å². The number of amides is 1. The highest BCUT2D eigenvalue weighted by molar-refractivity contribution is 5.89. The summed E-state index contributed by atoms with van der Waals surface area (Å²) in [6.07, 6.45) is 10.0. The largest absolute Gasteiger partial charge is 0.465 e.